The number of benzene rings is 1. The summed E-state index contributed by atoms with van der Waals surface area (Å²) in [6.07, 6.45) is 2.69. The molecule has 2 N–H and O–H groups in total. The van der Waals surface area contributed by atoms with Crippen LogP contribution in [0.3, 0.4) is 0 Å². The fraction of sp³-hybridized carbons (Fsp3) is 0.500. The number of aryl methyl sites for hydroxylation is 1. The maximum atomic E-state index is 4.41. The van der Waals surface area contributed by atoms with Crippen molar-refractivity contribution in [2.75, 3.05) is 25.0 Å². The predicted molar refractivity (Wildman–Crippen MR) is 71.9 cm³/mol. The number of nitrogens with one attached hydrogen (secondary N) is 2. The van der Waals surface area contributed by atoms with Gasteiger partial charge >= 0.3 is 0 Å². The van der Waals surface area contributed by atoms with Gasteiger partial charge in [0.05, 0.1) is 13.1 Å². The molecule has 1 fully saturated rings. The monoisotopic (exact) mass is 229 g/mol. The molecule has 3 heteroatoms. The topological polar surface area (TPSA) is 36.4 Å². The highest BCUT2D eigenvalue weighted by molar-refractivity contribution is 5.87. The van der Waals surface area contributed by atoms with Crippen molar-refractivity contribution in [2.24, 2.45) is 4.99 Å². The first kappa shape index (κ1) is 10.6. The van der Waals surface area contributed by atoms with Crippen LogP contribution in [-0.2, 0) is 0 Å². The van der Waals surface area contributed by atoms with Crippen LogP contribution in [0, 0.1) is 6.92 Å². The lowest BCUT2D eigenvalue weighted by molar-refractivity contribution is 0.955. The molecule has 0 radical (unpaired) electrons. The van der Waals surface area contributed by atoms with Crippen molar-refractivity contribution in [3.05, 3.63) is 29.3 Å². The molecular formula is C14H19N3. The molecule has 0 aromatic heterocycles. The van der Waals surface area contributed by atoms with Gasteiger partial charge in [0.15, 0.2) is 0 Å². The molecule has 1 saturated carbocycles. The Morgan fingerprint density at radius 1 is 1.41 bits per heavy atom. The summed E-state index contributed by atoms with van der Waals surface area (Å²) >= 11 is 0. The Kier molecular flexibility index (Phi) is 2.75. The standard InChI is InChI=1S/C14H19N3/c1-10-3-2-4-12(14(10)11-5-6-11)17-9-13-15-7-8-16-13/h2-4,11,17H,5-9H2,1H3,(H,15,16). The molecule has 90 valence electrons. The van der Waals surface area contributed by atoms with Gasteiger partial charge in [0.1, 0.15) is 5.84 Å². The summed E-state index contributed by atoms with van der Waals surface area (Å²) in [5.74, 6) is 1.88. The molecule has 0 amide bonds. The van der Waals surface area contributed by atoms with Crippen LogP contribution in [0.15, 0.2) is 23.2 Å². The van der Waals surface area contributed by atoms with Gasteiger partial charge in [0, 0.05) is 12.2 Å². The van der Waals surface area contributed by atoms with Gasteiger partial charge < -0.3 is 10.6 Å². The minimum absolute atomic E-state index is 0.789. The van der Waals surface area contributed by atoms with E-state index in [0.717, 1.165) is 31.4 Å². The Balaban J connectivity index is 1.75. The third-order valence-corrected chi connectivity index (χ3v) is 3.50. The molecule has 3 nitrogen and oxygen atoms in total. The van der Waals surface area contributed by atoms with Crippen molar-refractivity contribution in [3.63, 3.8) is 0 Å². The Hall–Kier alpha value is -1.51. The lowest BCUT2D eigenvalue weighted by Gasteiger charge is -2.14. The maximum absolute atomic E-state index is 4.41. The normalized spacial score (nSPS) is 18.8. The summed E-state index contributed by atoms with van der Waals surface area (Å²) in [6, 6.07) is 6.54. The van der Waals surface area contributed by atoms with Crippen LogP contribution in [-0.4, -0.2) is 25.5 Å². The van der Waals surface area contributed by atoms with Crippen LogP contribution in [0.4, 0.5) is 5.69 Å². The molecule has 0 atom stereocenters. The van der Waals surface area contributed by atoms with Crippen LogP contribution in [0.1, 0.15) is 29.9 Å². The van der Waals surface area contributed by atoms with Crippen molar-refractivity contribution in [1.29, 1.82) is 0 Å². The minimum Gasteiger partial charge on any atom is -0.378 e. The molecule has 1 aromatic rings. The smallest absolute Gasteiger partial charge is 0.116 e. The first-order valence-electron chi connectivity index (χ1n) is 6.45. The van der Waals surface area contributed by atoms with Crippen LogP contribution in [0.2, 0.25) is 0 Å². The Morgan fingerprint density at radius 3 is 3.00 bits per heavy atom. The Bertz CT molecular complexity index is 447. The van der Waals surface area contributed by atoms with E-state index in [1.54, 1.807) is 0 Å². The van der Waals surface area contributed by atoms with Crippen LogP contribution in [0.5, 0.6) is 0 Å². The zero-order chi connectivity index (χ0) is 11.7. The number of hydrogen-bond acceptors (Lipinski definition) is 3. The fourth-order valence-electron chi connectivity index (χ4n) is 2.49. The van der Waals surface area contributed by atoms with Crippen LogP contribution in [0.25, 0.3) is 0 Å². The second kappa shape index (κ2) is 4.40. The van der Waals surface area contributed by atoms with Gasteiger partial charge in [-0.15, -0.1) is 0 Å². The molecular weight excluding hydrogens is 210 g/mol. The summed E-state index contributed by atoms with van der Waals surface area (Å²) in [5.41, 5.74) is 4.23. The van der Waals surface area contributed by atoms with Crippen molar-refractivity contribution in [1.82, 2.24) is 5.32 Å². The zero-order valence-electron chi connectivity index (χ0n) is 10.3. The van der Waals surface area contributed by atoms with Gasteiger partial charge in [-0.1, -0.05) is 12.1 Å². The summed E-state index contributed by atoms with van der Waals surface area (Å²) in [6.45, 7) is 4.94. The van der Waals surface area contributed by atoms with Crippen molar-refractivity contribution < 1.29 is 0 Å². The number of amidine groups is 1. The molecule has 1 aromatic carbocycles. The number of rotatable bonds is 4. The first-order chi connectivity index (χ1) is 8.34. The second-order valence-electron chi connectivity index (χ2n) is 4.92. The Labute approximate surface area is 102 Å². The summed E-state index contributed by atoms with van der Waals surface area (Å²) < 4.78 is 0. The zero-order valence-corrected chi connectivity index (χ0v) is 10.3. The van der Waals surface area contributed by atoms with E-state index in [4.69, 9.17) is 0 Å². The second-order valence-corrected chi connectivity index (χ2v) is 4.92. The lowest BCUT2D eigenvalue weighted by Crippen LogP contribution is -2.26. The van der Waals surface area contributed by atoms with E-state index >= 15 is 0 Å². The SMILES string of the molecule is Cc1cccc(NCC2=NCCN2)c1C1CC1. The largest absolute Gasteiger partial charge is 0.378 e. The highest BCUT2D eigenvalue weighted by Gasteiger charge is 2.27. The third kappa shape index (κ3) is 2.28. The van der Waals surface area contributed by atoms with E-state index in [1.165, 1.54) is 29.7 Å². The average Bonchev–Trinajstić information content (AvgIpc) is 3.03. The average molecular weight is 229 g/mol. The first-order valence-corrected chi connectivity index (χ1v) is 6.45. The summed E-state index contributed by atoms with van der Waals surface area (Å²) in [4.78, 5) is 4.41. The molecule has 2 aliphatic rings. The van der Waals surface area contributed by atoms with Gasteiger partial charge in [-0.05, 0) is 42.9 Å². The quantitative estimate of drug-likeness (QED) is 0.831. The molecule has 1 aliphatic heterocycles. The maximum Gasteiger partial charge on any atom is 0.116 e. The molecule has 0 bridgehead atoms. The summed E-state index contributed by atoms with van der Waals surface area (Å²) in [7, 11) is 0. The van der Waals surface area contributed by atoms with E-state index in [0.29, 0.717) is 0 Å². The van der Waals surface area contributed by atoms with Crippen LogP contribution < -0.4 is 10.6 Å². The highest BCUT2D eigenvalue weighted by atomic mass is 15.1. The van der Waals surface area contributed by atoms with Crippen molar-refractivity contribution >= 4 is 11.5 Å². The highest BCUT2D eigenvalue weighted by Crippen LogP contribution is 2.44. The van der Waals surface area contributed by atoms with E-state index in [1.807, 2.05) is 0 Å². The third-order valence-electron chi connectivity index (χ3n) is 3.50. The van der Waals surface area contributed by atoms with E-state index < -0.39 is 0 Å². The van der Waals surface area contributed by atoms with E-state index in [2.05, 4.69) is 40.7 Å². The molecule has 0 spiro atoms. The lowest BCUT2D eigenvalue weighted by atomic mass is 10.0. The van der Waals surface area contributed by atoms with Gasteiger partial charge in [0.25, 0.3) is 0 Å². The Morgan fingerprint density at radius 2 is 2.29 bits per heavy atom. The van der Waals surface area contributed by atoms with Crippen molar-refractivity contribution in [2.45, 2.75) is 25.7 Å². The number of anilines is 1. The van der Waals surface area contributed by atoms with Gasteiger partial charge in [0.2, 0.25) is 0 Å². The van der Waals surface area contributed by atoms with E-state index in [9.17, 15) is 0 Å². The van der Waals surface area contributed by atoms with Gasteiger partial charge in [-0.2, -0.15) is 0 Å². The minimum atomic E-state index is 0.789. The van der Waals surface area contributed by atoms with Crippen LogP contribution >= 0.6 is 0 Å². The van der Waals surface area contributed by atoms with Gasteiger partial charge in [-0.3, -0.25) is 4.99 Å². The number of hydrogen-bond donors (Lipinski definition) is 2. The fourth-order valence-corrected chi connectivity index (χ4v) is 2.49. The molecule has 1 aliphatic carbocycles. The summed E-state index contributed by atoms with van der Waals surface area (Å²) in [5, 5.41) is 6.82. The number of aliphatic imine (C=N–C) groups is 1. The van der Waals surface area contributed by atoms with Crippen molar-refractivity contribution in [3.8, 4) is 0 Å². The van der Waals surface area contributed by atoms with Gasteiger partial charge in [-0.25, -0.2) is 0 Å². The molecule has 0 unspecified atom stereocenters. The molecule has 0 saturated heterocycles. The molecule has 1 heterocycles. The number of nitrogens with zero attached hydrogens (tertiary/aromatic N) is 1. The molecule has 17 heavy (non-hydrogen) atoms. The van der Waals surface area contributed by atoms with E-state index in [-0.39, 0.29) is 0 Å². The predicted octanol–water partition coefficient (Wildman–Crippen LogP) is 2.29. The molecule has 3 rings (SSSR count).